The van der Waals surface area contributed by atoms with Crippen molar-refractivity contribution in [2.24, 2.45) is 0 Å². The number of nitriles is 1. The lowest BCUT2D eigenvalue weighted by molar-refractivity contribution is -0.137. The van der Waals surface area contributed by atoms with Crippen LogP contribution >= 0.6 is 0 Å². The molecule has 0 bridgehead atoms. The van der Waals surface area contributed by atoms with E-state index in [2.05, 4.69) is 51.0 Å². The zero-order valence-electron chi connectivity index (χ0n) is 21.2. The molecule has 0 spiro atoms. The Morgan fingerprint density at radius 1 is 0.842 bits per heavy atom. The van der Waals surface area contributed by atoms with Crippen molar-refractivity contribution in [1.82, 2.24) is 9.97 Å². The third kappa shape index (κ3) is 5.77. The van der Waals surface area contributed by atoms with Crippen LogP contribution in [0.2, 0.25) is 0 Å². The first-order valence-electron chi connectivity index (χ1n) is 12.7. The molecule has 3 heterocycles. The number of nitrogens with zero attached hydrogens (tertiary/aromatic N) is 6. The topological polar surface area (TPSA) is 68.5 Å². The average Bonchev–Trinajstić information content (AvgIpc) is 2.93. The monoisotopic (exact) mass is 522 g/mol. The van der Waals surface area contributed by atoms with Crippen LogP contribution < -0.4 is 19.4 Å². The van der Waals surface area contributed by atoms with Gasteiger partial charge in [0, 0.05) is 69.6 Å². The van der Waals surface area contributed by atoms with Gasteiger partial charge in [-0.1, -0.05) is 17.7 Å². The molecule has 0 radical (unpaired) electrons. The van der Waals surface area contributed by atoms with E-state index in [9.17, 15) is 13.2 Å². The molecule has 0 atom stereocenters. The van der Waals surface area contributed by atoms with Crippen molar-refractivity contribution in [2.75, 3.05) is 54.0 Å². The molecule has 198 valence electrons. The van der Waals surface area contributed by atoms with Crippen LogP contribution in [0.15, 0.2) is 54.9 Å². The van der Waals surface area contributed by atoms with Gasteiger partial charge in [0.15, 0.2) is 0 Å². The first-order chi connectivity index (χ1) is 18.3. The Bertz CT molecular complexity index is 1290. The molecule has 2 fully saturated rings. The Labute approximate surface area is 220 Å². The number of halogens is 3. The van der Waals surface area contributed by atoms with E-state index in [0.29, 0.717) is 37.5 Å². The standard InChI is InChI=1S/C28H29F3N6O/c1-20-2-5-22(6-3-20)36-12-14-37(15-13-36)26-17-27(34-19-33-26)38-24-8-10-35(11-9-24)23-7-4-21(18-32)25(16-23)28(29,30)31/h2-7,16-17,19,24H,8-15H2,1H3. The van der Waals surface area contributed by atoms with Crippen molar-refractivity contribution >= 4 is 17.2 Å². The maximum atomic E-state index is 13.4. The van der Waals surface area contributed by atoms with Gasteiger partial charge in [-0.05, 0) is 37.3 Å². The maximum Gasteiger partial charge on any atom is 0.417 e. The van der Waals surface area contributed by atoms with Crippen LogP contribution in [0.25, 0.3) is 0 Å². The molecule has 0 amide bonds. The minimum absolute atomic E-state index is 0.0900. The highest BCUT2D eigenvalue weighted by Crippen LogP contribution is 2.35. The highest BCUT2D eigenvalue weighted by Gasteiger charge is 2.34. The predicted octanol–water partition coefficient (Wildman–Crippen LogP) is 5.05. The van der Waals surface area contributed by atoms with Gasteiger partial charge in [0.1, 0.15) is 18.2 Å². The van der Waals surface area contributed by atoms with E-state index in [1.807, 2.05) is 11.0 Å². The zero-order chi connectivity index (χ0) is 26.7. The zero-order valence-corrected chi connectivity index (χ0v) is 21.2. The van der Waals surface area contributed by atoms with Gasteiger partial charge >= 0.3 is 6.18 Å². The largest absolute Gasteiger partial charge is 0.474 e. The Kier molecular flexibility index (Phi) is 7.27. The molecule has 0 aliphatic carbocycles. The molecular weight excluding hydrogens is 493 g/mol. The first-order valence-corrected chi connectivity index (χ1v) is 12.7. The van der Waals surface area contributed by atoms with Crippen molar-refractivity contribution in [2.45, 2.75) is 32.0 Å². The number of benzene rings is 2. The molecular formula is C28H29F3N6O. The summed E-state index contributed by atoms with van der Waals surface area (Å²) in [6, 6.07) is 15.9. The normalized spacial score (nSPS) is 16.9. The lowest BCUT2D eigenvalue weighted by Crippen LogP contribution is -2.46. The fraction of sp³-hybridized carbons (Fsp3) is 0.393. The Morgan fingerprint density at radius 3 is 2.13 bits per heavy atom. The number of hydrogen-bond donors (Lipinski definition) is 0. The Balaban J connectivity index is 1.16. The van der Waals surface area contributed by atoms with Gasteiger partial charge in [0.05, 0.1) is 17.2 Å². The average molecular weight is 523 g/mol. The van der Waals surface area contributed by atoms with Gasteiger partial charge < -0.3 is 19.4 Å². The second-order valence-corrected chi connectivity index (χ2v) is 9.67. The lowest BCUT2D eigenvalue weighted by atomic mass is 10.0. The van der Waals surface area contributed by atoms with Crippen LogP contribution in [-0.4, -0.2) is 55.3 Å². The summed E-state index contributed by atoms with van der Waals surface area (Å²) in [4.78, 5) is 15.2. The molecule has 7 nitrogen and oxygen atoms in total. The van der Waals surface area contributed by atoms with E-state index >= 15 is 0 Å². The highest BCUT2D eigenvalue weighted by molar-refractivity contribution is 5.55. The van der Waals surface area contributed by atoms with Crippen molar-refractivity contribution in [1.29, 1.82) is 5.26 Å². The maximum absolute atomic E-state index is 13.4. The third-order valence-electron chi connectivity index (χ3n) is 7.15. The number of aromatic nitrogens is 2. The summed E-state index contributed by atoms with van der Waals surface area (Å²) < 4.78 is 46.2. The summed E-state index contributed by atoms with van der Waals surface area (Å²) in [6.45, 7) is 6.66. The quantitative estimate of drug-likeness (QED) is 0.465. The highest BCUT2D eigenvalue weighted by atomic mass is 19.4. The number of rotatable bonds is 5. The molecule has 38 heavy (non-hydrogen) atoms. The van der Waals surface area contributed by atoms with Crippen molar-refractivity contribution in [3.63, 3.8) is 0 Å². The van der Waals surface area contributed by atoms with E-state index in [4.69, 9.17) is 10.00 Å². The number of piperazine rings is 1. The van der Waals surface area contributed by atoms with Crippen LogP contribution in [0.3, 0.4) is 0 Å². The molecule has 5 rings (SSSR count). The van der Waals surface area contributed by atoms with Gasteiger partial charge in [0.25, 0.3) is 0 Å². The number of ether oxygens (including phenoxy) is 1. The smallest absolute Gasteiger partial charge is 0.417 e. The lowest BCUT2D eigenvalue weighted by Gasteiger charge is -2.37. The number of aryl methyl sites for hydroxylation is 1. The molecule has 1 aromatic heterocycles. The third-order valence-corrected chi connectivity index (χ3v) is 7.15. The van der Waals surface area contributed by atoms with E-state index < -0.39 is 11.7 Å². The fourth-order valence-electron chi connectivity index (χ4n) is 4.98. The molecule has 0 N–H and O–H groups in total. The summed E-state index contributed by atoms with van der Waals surface area (Å²) in [6.07, 6.45) is -1.85. The fourth-order valence-corrected chi connectivity index (χ4v) is 4.98. The molecule has 2 aliphatic rings. The number of hydrogen-bond acceptors (Lipinski definition) is 7. The molecule has 0 saturated carbocycles. The van der Waals surface area contributed by atoms with Crippen LogP contribution in [0, 0.1) is 18.3 Å². The van der Waals surface area contributed by atoms with Crippen LogP contribution in [-0.2, 0) is 6.18 Å². The van der Waals surface area contributed by atoms with Crippen LogP contribution in [0.1, 0.15) is 29.5 Å². The molecule has 2 saturated heterocycles. The molecule has 2 aliphatic heterocycles. The minimum atomic E-state index is -4.57. The van der Waals surface area contributed by atoms with Gasteiger partial charge in [-0.3, -0.25) is 0 Å². The summed E-state index contributed by atoms with van der Waals surface area (Å²) in [5.74, 6) is 1.33. The predicted molar refractivity (Wildman–Crippen MR) is 140 cm³/mol. The second-order valence-electron chi connectivity index (χ2n) is 9.67. The number of alkyl halides is 3. The Morgan fingerprint density at radius 2 is 1.47 bits per heavy atom. The molecule has 10 heteroatoms. The van der Waals surface area contributed by atoms with Gasteiger partial charge in [-0.15, -0.1) is 0 Å². The van der Waals surface area contributed by atoms with E-state index in [1.54, 1.807) is 12.1 Å². The van der Waals surface area contributed by atoms with E-state index in [0.717, 1.165) is 38.1 Å². The summed E-state index contributed by atoms with van der Waals surface area (Å²) in [7, 11) is 0. The van der Waals surface area contributed by atoms with Gasteiger partial charge in [-0.2, -0.15) is 18.4 Å². The van der Waals surface area contributed by atoms with E-state index in [-0.39, 0.29) is 11.7 Å². The van der Waals surface area contributed by atoms with Crippen molar-refractivity contribution in [3.8, 4) is 11.9 Å². The Hall–Kier alpha value is -4.00. The summed E-state index contributed by atoms with van der Waals surface area (Å²) in [5.41, 5.74) is 1.67. The second kappa shape index (κ2) is 10.8. The first kappa shape index (κ1) is 25.6. The van der Waals surface area contributed by atoms with Gasteiger partial charge in [-0.25, -0.2) is 9.97 Å². The van der Waals surface area contributed by atoms with Crippen molar-refractivity contribution in [3.05, 3.63) is 71.5 Å². The van der Waals surface area contributed by atoms with Crippen LogP contribution in [0.4, 0.5) is 30.4 Å². The molecule has 0 unspecified atom stereocenters. The minimum Gasteiger partial charge on any atom is -0.474 e. The number of piperidine rings is 1. The van der Waals surface area contributed by atoms with E-state index in [1.165, 1.54) is 23.6 Å². The SMILES string of the molecule is Cc1ccc(N2CCN(c3cc(OC4CCN(c5ccc(C#N)c(C(F)(F)F)c5)CC4)ncn3)CC2)cc1. The van der Waals surface area contributed by atoms with Gasteiger partial charge in [0.2, 0.25) is 5.88 Å². The van der Waals surface area contributed by atoms with Crippen LogP contribution in [0.5, 0.6) is 5.88 Å². The molecule has 2 aromatic carbocycles. The van der Waals surface area contributed by atoms with Crippen molar-refractivity contribution < 1.29 is 17.9 Å². The molecule has 3 aromatic rings. The summed E-state index contributed by atoms with van der Waals surface area (Å²) >= 11 is 0. The summed E-state index contributed by atoms with van der Waals surface area (Å²) in [5, 5.41) is 9.03. The number of anilines is 3.